The smallest absolute Gasteiger partial charge is 0.355 e. The second-order valence-electron chi connectivity index (χ2n) is 3.61. The van der Waals surface area contributed by atoms with Gasteiger partial charge in [-0.15, -0.1) is 0 Å². The molecule has 1 rings (SSSR count). The highest BCUT2D eigenvalue weighted by molar-refractivity contribution is 8.00. The fourth-order valence-electron chi connectivity index (χ4n) is 1.53. The number of hydrogen-bond acceptors (Lipinski definition) is 2. The van der Waals surface area contributed by atoms with E-state index in [1.54, 1.807) is 0 Å². The summed E-state index contributed by atoms with van der Waals surface area (Å²) in [5.74, 6) is -0.0370. The van der Waals surface area contributed by atoms with Crippen molar-refractivity contribution in [3.8, 4) is 0 Å². The molecule has 0 spiro atoms. The van der Waals surface area contributed by atoms with Gasteiger partial charge >= 0.3 is 5.51 Å². The van der Waals surface area contributed by atoms with Crippen LogP contribution in [-0.4, -0.2) is 23.7 Å². The van der Waals surface area contributed by atoms with Crippen LogP contribution in [0.2, 0.25) is 0 Å². The van der Waals surface area contributed by atoms with Gasteiger partial charge < -0.3 is 5.32 Å². The summed E-state index contributed by atoms with van der Waals surface area (Å²) in [4.78, 5) is 11.3. The van der Waals surface area contributed by atoms with E-state index in [1.807, 2.05) is 12.2 Å². The molecular formula is C10H14F3NOS. The third-order valence-corrected chi connectivity index (χ3v) is 2.99. The lowest BCUT2D eigenvalue weighted by molar-refractivity contribution is -0.121. The van der Waals surface area contributed by atoms with Gasteiger partial charge in [0.2, 0.25) is 5.91 Å². The summed E-state index contributed by atoms with van der Waals surface area (Å²) < 4.78 is 35.2. The molecule has 0 saturated carbocycles. The van der Waals surface area contributed by atoms with Crippen LogP contribution >= 0.6 is 11.8 Å². The molecule has 0 radical (unpaired) electrons. The molecule has 0 aromatic heterocycles. The molecule has 1 unspecified atom stereocenters. The first-order chi connectivity index (χ1) is 7.47. The first kappa shape index (κ1) is 13.4. The summed E-state index contributed by atoms with van der Waals surface area (Å²) in [5.41, 5.74) is -4.21. The number of allylic oxidation sites excluding steroid dienone is 2. The Balaban J connectivity index is 2.04. The number of rotatable bonds is 5. The summed E-state index contributed by atoms with van der Waals surface area (Å²) in [5, 5.41) is 2.49. The number of hydrogen-bond donors (Lipinski definition) is 1. The minimum absolute atomic E-state index is 0.0689. The van der Waals surface area contributed by atoms with E-state index in [4.69, 9.17) is 0 Å². The molecule has 1 aliphatic carbocycles. The lowest BCUT2D eigenvalue weighted by Crippen LogP contribution is -2.27. The van der Waals surface area contributed by atoms with E-state index in [1.165, 1.54) is 0 Å². The van der Waals surface area contributed by atoms with Gasteiger partial charge in [0, 0.05) is 18.7 Å². The van der Waals surface area contributed by atoms with E-state index >= 15 is 0 Å². The molecule has 92 valence electrons. The van der Waals surface area contributed by atoms with Crippen molar-refractivity contribution in [1.82, 2.24) is 5.32 Å². The summed E-state index contributed by atoms with van der Waals surface area (Å²) in [7, 11) is 0. The molecule has 1 aliphatic rings. The average Bonchev–Trinajstić information content (AvgIpc) is 2.63. The topological polar surface area (TPSA) is 29.1 Å². The van der Waals surface area contributed by atoms with Crippen LogP contribution in [0.3, 0.4) is 0 Å². The van der Waals surface area contributed by atoms with Gasteiger partial charge in [-0.25, -0.2) is 0 Å². The Morgan fingerprint density at radius 1 is 1.50 bits per heavy atom. The molecule has 1 atom stereocenters. The lowest BCUT2D eigenvalue weighted by atomic mass is 10.1. The maximum absolute atomic E-state index is 11.7. The molecule has 16 heavy (non-hydrogen) atoms. The number of thioether (sulfide) groups is 1. The molecule has 0 bridgehead atoms. The molecule has 2 nitrogen and oxygen atoms in total. The number of amides is 1. The predicted molar refractivity (Wildman–Crippen MR) is 58.0 cm³/mol. The van der Waals surface area contributed by atoms with Crippen molar-refractivity contribution >= 4 is 17.7 Å². The number of nitrogens with one attached hydrogen (secondary N) is 1. The van der Waals surface area contributed by atoms with Crippen molar-refractivity contribution in [2.45, 2.75) is 24.8 Å². The van der Waals surface area contributed by atoms with Crippen molar-refractivity contribution in [2.24, 2.45) is 5.92 Å². The number of halogens is 3. The fraction of sp³-hybridized carbons (Fsp3) is 0.700. The van der Waals surface area contributed by atoms with Crippen LogP contribution in [-0.2, 0) is 4.79 Å². The van der Waals surface area contributed by atoms with Crippen LogP contribution in [0.5, 0.6) is 0 Å². The Labute approximate surface area is 96.7 Å². The maximum Gasteiger partial charge on any atom is 0.441 e. The van der Waals surface area contributed by atoms with Gasteiger partial charge in [0.25, 0.3) is 0 Å². The molecule has 0 saturated heterocycles. The van der Waals surface area contributed by atoms with Crippen LogP contribution in [0.1, 0.15) is 19.3 Å². The van der Waals surface area contributed by atoms with Gasteiger partial charge in [0.05, 0.1) is 0 Å². The second-order valence-corrected chi connectivity index (χ2v) is 4.77. The van der Waals surface area contributed by atoms with Gasteiger partial charge in [-0.2, -0.15) is 13.2 Å². The second kappa shape index (κ2) is 6.18. The molecular weight excluding hydrogens is 239 g/mol. The van der Waals surface area contributed by atoms with Gasteiger partial charge in [-0.05, 0) is 30.5 Å². The zero-order valence-electron chi connectivity index (χ0n) is 8.72. The maximum atomic E-state index is 11.7. The van der Waals surface area contributed by atoms with E-state index in [0.717, 1.165) is 12.8 Å². The Morgan fingerprint density at radius 3 is 2.81 bits per heavy atom. The van der Waals surface area contributed by atoms with Crippen LogP contribution in [0.15, 0.2) is 12.2 Å². The molecule has 1 amide bonds. The number of carbonyl (C=O) groups is 1. The zero-order chi connectivity index (χ0) is 12.0. The molecule has 1 N–H and O–H groups in total. The Bertz CT molecular complexity index is 265. The minimum atomic E-state index is -4.21. The molecule has 0 aromatic carbocycles. The Hall–Kier alpha value is -0.650. The summed E-state index contributed by atoms with van der Waals surface area (Å²) in [6.07, 6.45) is 6.35. The van der Waals surface area contributed by atoms with E-state index in [9.17, 15) is 18.0 Å². The molecule has 6 heteroatoms. The van der Waals surface area contributed by atoms with E-state index in [-0.39, 0.29) is 35.9 Å². The van der Waals surface area contributed by atoms with Gasteiger partial charge in [-0.1, -0.05) is 12.2 Å². The van der Waals surface area contributed by atoms with Crippen LogP contribution in [0.25, 0.3) is 0 Å². The fourth-order valence-corrected chi connectivity index (χ4v) is 1.97. The van der Waals surface area contributed by atoms with Gasteiger partial charge in [0.1, 0.15) is 0 Å². The Kier molecular flexibility index (Phi) is 5.18. The highest BCUT2D eigenvalue weighted by Crippen LogP contribution is 2.29. The van der Waals surface area contributed by atoms with Crippen LogP contribution < -0.4 is 5.32 Å². The minimum Gasteiger partial charge on any atom is -0.355 e. The van der Waals surface area contributed by atoms with E-state index in [2.05, 4.69) is 5.32 Å². The quantitative estimate of drug-likeness (QED) is 0.603. The van der Waals surface area contributed by atoms with Crippen molar-refractivity contribution in [2.75, 3.05) is 12.3 Å². The summed E-state index contributed by atoms with van der Waals surface area (Å²) in [6.45, 7) is 0.0689. The summed E-state index contributed by atoms with van der Waals surface area (Å²) >= 11 is -0.110. The predicted octanol–water partition coefficient (Wildman–Crippen LogP) is 2.71. The lowest BCUT2D eigenvalue weighted by Gasteiger charge is -2.09. The van der Waals surface area contributed by atoms with Crippen molar-refractivity contribution < 1.29 is 18.0 Å². The zero-order valence-corrected chi connectivity index (χ0v) is 9.53. The monoisotopic (exact) mass is 253 g/mol. The highest BCUT2D eigenvalue weighted by atomic mass is 32.2. The third-order valence-electron chi connectivity index (χ3n) is 2.25. The third kappa shape index (κ3) is 6.05. The highest BCUT2D eigenvalue weighted by Gasteiger charge is 2.27. The average molecular weight is 253 g/mol. The standard InChI is InChI=1S/C10H14F3NOS/c11-10(12,13)16-6-5-14-9(15)7-8-3-1-2-4-8/h1,3,8H,2,4-7H2,(H,14,15). The van der Waals surface area contributed by atoms with Crippen molar-refractivity contribution in [1.29, 1.82) is 0 Å². The van der Waals surface area contributed by atoms with E-state index in [0.29, 0.717) is 6.42 Å². The van der Waals surface area contributed by atoms with Crippen molar-refractivity contribution in [3.05, 3.63) is 12.2 Å². The molecule has 0 aliphatic heterocycles. The van der Waals surface area contributed by atoms with E-state index < -0.39 is 5.51 Å². The first-order valence-electron chi connectivity index (χ1n) is 5.11. The number of alkyl halides is 3. The number of carbonyl (C=O) groups excluding carboxylic acids is 1. The SMILES string of the molecule is O=C(CC1C=CCC1)NCCSC(F)(F)F. The Morgan fingerprint density at radius 2 is 2.25 bits per heavy atom. The van der Waals surface area contributed by atoms with Crippen LogP contribution in [0, 0.1) is 5.92 Å². The van der Waals surface area contributed by atoms with Crippen LogP contribution in [0.4, 0.5) is 13.2 Å². The first-order valence-corrected chi connectivity index (χ1v) is 6.10. The normalized spacial score (nSPS) is 20.1. The van der Waals surface area contributed by atoms with Crippen molar-refractivity contribution in [3.63, 3.8) is 0 Å². The molecule has 0 heterocycles. The molecule has 0 aromatic rings. The largest absolute Gasteiger partial charge is 0.441 e. The molecule has 0 fully saturated rings. The van der Waals surface area contributed by atoms with Gasteiger partial charge in [-0.3, -0.25) is 4.79 Å². The summed E-state index contributed by atoms with van der Waals surface area (Å²) in [6, 6.07) is 0. The van der Waals surface area contributed by atoms with Gasteiger partial charge in [0.15, 0.2) is 0 Å².